The molecule has 0 saturated carbocycles. The van der Waals surface area contributed by atoms with Crippen molar-refractivity contribution >= 4 is 17.6 Å². The molecule has 1 aromatic heterocycles. The summed E-state index contributed by atoms with van der Waals surface area (Å²) < 4.78 is 5.59. The Morgan fingerprint density at radius 1 is 0.771 bits per heavy atom. The standard InChI is InChI=1S/C30H28N2O3/c1-20-10-12-22(13-11-20)23-14-15-26(29(34)35-30(2,3)4)27(17-23)32-28(33)25-16-24(18-31-19-25)21-8-6-5-7-9-21/h5-19H,1-4H3,(H,32,33). The summed E-state index contributed by atoms with van der Waals surface area (Å²) in [6, 6.07) is 24.9. The Balaban J connectivity index is 1.69. The van der Waals surface area contributed by atoms with Gasteiger partial charge < -0.3 is 10.1 Å². The van der Waals surface area contributed by atoms with Crippen LogP contribution in [0.4, 0.5) is 5.69 Å². The number of pyridine rings is 1. The second kappa shape index (κ2) is 9.94. The molecular formula is C30H28N2O3. The largest absolute Gasteiger partial charge is 0.456 e. The Bertz CT molecular complexity index is 1350. The lowest BCUT2D eigenvalue weighted by atomic mass is 10.0. The number of benzene rings is 3. The van der Waals surface area contributed by atoms with E-state index in [1.165, 1.54) is 6.20 Å². The second-order valence-corrected chi connectivity index (χ2v) is 9.41. The van der Waals surface area contributed by atoms with Crippen LogP contribution in [0, 0.1) is 6.92 Å². The minimum Gasteiger partial charge on any atom is -0.456 e. The summed E-state index contributed by atoms with van der Waals surface area (Å²) in [5.41, 5.74) is 5.20. The molecule has 0 fully saturated rings. The third-order valence-corrected chi connectivity index (χ3v) is 5.38. The number of rotatable bonds is 5. The number of carbonyl (C=O) groups is 2. The first-order valence-corrected chi connectivity index (χ1v) is 11.5. The van der Waals surface area contributed by atoms with Crippen molar-refractivity contribution in [2.45, 2.75) is 33.3 Å². The van der Waals surface area contributed by atoms with Crippen molar-refractivity contribution in [1.29, 1.82) is 0 Å². The Kier molecular flexibility index (Phi) is 6.78. The second-order valence-electron chi connectivity index (χ2n) is 9.41. The number of hydrogen-bond acceptors (Lipinski definition) is 4. The minimum absolute atomic E-state index is 0.288. The van der Waals surface area contributed by atoms with Crippen molar-refractivity contribution in [3.8, 4) is 22.3 Å². The monoisotopic (exact) mass is 464 g/mol. The molecule has 4 rings (SSSR count). The molecule has 3 aromatic carbocycles. The predicted octanol–water partition coefficient (Wildman–Crippen LogP) is 6.93. The van der Waals surface area contributed by atoms with Crippen molar-refractivity contribution < 1.29 is 14.3 Å². The summed E-state index contributed by atoms with van der Waals surface area (Å²) in [6.45, 7) is 7.46. The van der Waals surface area contributed by atoms with Crippen molar-refractivity contribution in [1.82, 2.24) is 4.98 Å². The van der Waals surface area contributed by atoms with Crippen molar-refractivity contribution in [2.75, 3.05) is 5.32 Å². The summed E-state index contributed by atoms with van der Waals surface area (Å²) in [7, 11) is 0. The Labute approximate surface area is 205 Å². The molecule has 0 atom stereocenters. The molecule has 0 aliphatic rings. The van der Waals surface area contributed by atoms with E-state index < -0.39 is 11.6 Å². The van der Waals surface area contributed by atoms with Gasteiger partial charge in [0.05, 0.1) is 16.8 Å². The van der Waals surface area contributed by atoms with Crippen LogP contribution < -0.4 is 5.32 Å². The topological polar surface area (TPSA) is 68.3 Å². The molecule has 35 heavy (non-hydrogen) atoms. The zero-order valence-corrected chi connectivity index (χ0v) is 20.3. The fourth-order valence-corrected chi connectivity index (χ4v) is 3.63. The number of hydrogen-bond donors (Lipinski definition) is 1. The van der Waals surface area contributed by atoms with E-state index >= 15 is 0 Å². The summed E-state index contributed by atoms with van der Waals surface area (Å²) >= 11 is 0. The molecular weight excluding hydrogens is 436 g/mol. The zero-order valence-electron chi connectivity index (χ0n) is 20.3. The van der Waals surface area contributed by atoms with Gasteiger partial charge in [0.2, 0.25) is 0 Å². The molecule has 5 nitrogen and oxygen atoms in total. The molecule has 176 valence electrons. The third-order valence-electron chi connectivity index (χ3n) is 5.38. The van der Waals surface area contributed by atoms with Gasteiger partial charge >= 0.3 is 5.97 Å². The number of aromatic nitrogens is 1. The number of anilines is 1. The highest BCUT2D eigenvalue weighted by Crippen LogP contribution is 2.28. The molecule has 5 heteroatoms. The van der Waals surface area contributed by atoms with E-state index in [0.717, 1.165) is 27.8 Å². The molecule has 0 unspecified atom stereocenters. The van der Waals surface area contributed by atoms with Gasteiger partial charge in [-0.2, -0.15) is 0 Å². The average molecular weight is 465 g/mol. The fourth-order valence-electron chi connectivity index (χ4n) is 3.63. The van der Waals surface area contributed by atoms with Gasteiger partial charge in [-0.25, -0.2) is 4.79 Å². The SMILES string of the molecule is Cc1ccc(-c2ccc(C(=O)OC(C)(C)C)c(NC(=O)c3cncc(-c4ccccc4)c3)c2)cc1. The molecule has 0 aliphatic carbocycles. The summed E-state index contributed by atoms with van der Waals surface area (Å²) in [6.07, 6.45) is 3.23. The van der Waals surface area contributed by atoms with Gasteiger partial charge in [-0.1, -0.05) is 66.2 Å². The van der Waals surface area contributed by atoms with Crippen LogP contribution in [-0.4, -0.2) is 22.5 Å². The molecule has 1 amide bonds. The van der Waals surface area contributed by atoms with Gasteiger partial charge in [0.25, 0.3) is 5.91 Å². The molecule has 0 radical (unpaired) electrons. The Hall–Kier alpha value is -4.25. The Morgan fingerprint density at radius 3 is 2.11 bits per heavy atom. The van der Waals surface area contributed by atoms with Gasteiger partial charge in [0.1, 0.15) is 5.60 Å². The Morgan fingerprint density at radius 2 is 1.43 bits per heavy atom. The predicted molar refractivity (Wildman–Crippen MR) is 139 cm³/mol. The van der Waals surface area contributed by atoms with Crippen LogP contribution in [0.5, 0.6) is 0 Å². The summed E-state index contributed by atoms with van der Waals surface area (Å²) in [5, 5.41) is 2.91. The first-order chi connectivity index (χ1) is 16.7. The van der Waals surface area contributed by atoms with E-state index in [1.807, 2.05) is 88.4 Å². The maximum absolute atomic E-state index is 13.2. The molecule has 0 bridgehead atoms. The minimum atomic E-state index is -0.665. The first-order valence-electron chi connectivity index (χ1n) is 11.5. The van der Waals surface area contributed by atoms with Crippen molar-refractivity contribution in [2.24, 2.45) is 0 Å². The normalized spacial score (nSPS) is 11.1. The highest BCUT2D eigenvalue weighted by Gasteiger charge is 2.22. The number of amides is 1. The van der Waals surface area contributed by atoms with Crippen LogP contribution in [-0.2, 0) is 4.74 Å². The number of aryl methyl sites for hydroxylation is 1. The fraction of sp³-hybridized carbons (Fsp3) is 0.167. The molecule has 0 aliphatic heterocycles. The van der Waals surface area contributed by atoms with Crippen LogP contribution in [0.15, 0.2) is 91.3 Å². The van der Waals surface area contributed by atoms with E-state index in [0.29, 0.717) is 11.3 Å². The lowest BCUT2D eigenvalue weighted by Gasteiger charge is -2.21. The quantitative estimate of drug-likeness (QED) is 0.325. The van der Waals surface area contributed by atoms with Crippen molar-refractivity contribution in [3.05, 3.63) is 108 Å². The zero-order chi connectivity index (χ0) is 25.0. The van der Waals surface area contributed by atoms with E-state index in [9.17, 15) is 9.59 Å². The average Bonchev–Trinajstić information content (AvgIpc) is 2.84. The van der Waals surface area contributed by atoms with E-state index in [-0.39, 0.29) is 11.5 Å². The van der Waals surface area contributed by atoms with Crippen LogP contribution in [0.3, 0.4) is 0 Å². The number of carbonyl (C=O) groups excluding carboxylic acids is 2. The number of nitrogens with zero attached hydrogens (tertiary/aromatic N) is 1. The van der Waals surface area contributed by atoms with Crippen LogP contribution in [0.25, 0.3) is 22.3 Å². The van der Waals surface area contributed by atoms with Gasteiger partial charge in [-0.15, -0.1) is 0 Å². The summed E-state index contributed by atoms with van der Waals surface area (Å²) in [5.74, 6) is -0.861. The lowest BCUT2D eigenvalue weighted by molar-refractivity contribution is 0.00708. The van der Waals surface area contributed by atoms with Crippen LogP contribution in [0.1, 0.15) is 47.1 Å². The third kappa shape index (κ3) is 6.01. The van der Waals surface area contributed by atoms with Gasteiger partial charge in [-0.3, -0.25) is 9.78 Å². The van der Waals surface area contributed by atoms with Crippen molar-refractivity contribution in [3.63, 3.8) is 0 Å². The first kappa shape index (κ1) is 23.9. The maximum Gasteiger partial charge on any atom is 0.340 e. The maximum atomic E-state index is 13.2. The van der Waals surface area contributed by atoms with Gasteiger partial charge in [0.15, 0.2) is 0 Å². The lowest BCUT2D eigenvalue weighted by Crippen LogP contribution is -2.25. The molecule has 1 N–H and O–H groups in total. The van der Waals surface area contributed by atoms with E-state index in [4.69, 9.17) is 4.74 Å². The van der Waals surface area contributed by atoms with E-state index in [2.05, 4.69) is 10.3 Å². The van der Waals surface area contributed by atoms with E-state index in [1.54, 1.807) is 24.4 Å². The van der Waals surface area contributed by atoms with Crippen LogP contribution >= 0.6 is 0 Å². The highest BCUT2D eigenvalue weighted by atomic mass is 16.6. The number of esters is 1. The smallest absolute Gasteiger partial charge is 0.340 e. The van der Waals surface area contributed by atoms with Gasteiger partial charge in [0, 0.05) is 18.0 Å². The molecule has 0 spiro atoms. The number of nitrogens with one attached hydrogen (secondary N) is 1. The molecule has 4 aromatic rings. The highest BCUT2D eigenvalue weighted by molar-refractivity contribution is 6.08. The van der Waals surface area contributed by atoms with Crippen LogP contribution in [0.2, 0.25) is 0 Å². The molecule has 0 saturated heterocycles. The number of ether oxygens (including phenoxy) is 1. The molecule has 1 heterocycles. The summed E-state index contributed by atoms with van der Waals surface area (Å²) in [4.78, 5) is 30.4. The van der Waals surface area contributed by atoms with Gasteiger partial charge in [-0.05, 0) is 62.6 Å².